The number of carbonyl (C=O) groups excluding carboxylic acids is 1. The molecule has 6 nitrogen and oxygen atoms in total. The largest absolute Gasteiger partial charge is 0.453 e. The van der Waals surface area contributed by atoms with E-state index in [1.54, 1.807) is 4.90 Å². The molecule has 0 aromatic rings. The molecule has 0 bridgehead atoms. The molecular weight excluding hydrogens is 304 g/mol. The molecule has 0 spiro atoms. The number of nitrogens with one attached hydrogen (secondary N) is 2. The molecule has 1 saturated heterocycles. The summed E-state index contributed by atoms with van der Waals surface area (Å²) in [5, 5.41) is 6.95. The lowest BCUT2D eigenvalue weighted by atomic mass is 9.81. The van der Waals surface area contributed by atoms with E-state index >= 15 is 0 Å². The molecule has 0 radical (unpaired) electrons. The van der Waals surface area contributed by atoms with Gasteiger partial charge in [0, 0.05) is 32.7 Å². The average Bonchev–Trinajstić information content (AvgIpc) is 2.61. The summed E-state index contributed by atoms with van der Waals surface area (Å²) < 4.78 is 4.78. The van der Waals surface area contributed by atoms with Crippen molar-refractivity contribution >= 4 is 12.1 Å². The summed E-state index contributed by atoms with van der Waals surface area (Å²) in [4.78, 5) is 17.6. The topological polar surface area (TPSA) is 66.0 Å². The molecule has 2 fully saturated rings. The number of amides is 1. The predicted octanol–water partition coefficient (Wildman–Crippen LogP) is 2.60. The third kappa shape index (κ3) is 5.87. The van der Waals surface area contributed by atoms with Crippen LogP contribution in [-0.4, -0.2) is 56.8 Å². The molecule has 0 aromatic carbocycles. The highest BCUT2D eigenvalue weighted by molar-refractivity contribution is 5.80. The van der Waals surface area contributed by atoms with Gasteiger partial charge in [-0.1, -0.05) is 26.2 Å². The molecule has 1 saturated carbocycles. The Hall–Kier alpha value is -1.46. The maximum atomic E-state index is 11.5. The fourth-order valence-corrected chi connectivity index (χ4v) is 3.94. The first kappa shape index (κ1) is 18.9. The maximum absolute atomic E-state index is 11.5. The van der Waals surface area contributed by atoms with Crippen molar-refractivity contribution in [2.45, 2.75) is 57.9 Å². The highest BCUT2D eigenvalue weighted by Crippen LogP contribution is 2.30. The lowest BCUT2D eigenvalue weighted by Gasteiger charge is -2.32. The van der Waals surface area contributed by atoms with Crippen LogP contribution in [0.2, 0.25) is 0 Å². The van der Waals surface area contributed by atoms with E-state index in [-0.39, 0.29) is 6.09 Å². The summed E-state index contributed by atoms with van der Waals surface area (Å²) in [6, 6.07) is 0.367. The fourth-order valence-electron chi connectivity index (χ4n) is 3.94. The van der Waals surface area contributed by atoms with Crippen LogP contribution in [0, 0.1) is 11.8 Å². The standard InChI is InChI=1S/C18H34N4O2/c1-14-5-4-6-15(13-14)7-10-20-17(19-2)21-16-8-11-22(12-9-16)18(23)24-3/h14-16H,4-13H2,1-3H3,(H2,19,20,21). The van der Waals surface area contributed by atoms with Gasteiger partial charge in [0.2, 0.25) is 0 Å². The third-order valence-corrected chi connectivity index (χ3v) is 5.38. The Kier molecular flexibility index (Phi) is 7.66. The van der Waals surface area contributed by atoms with E-state index in [1.807, 2.05) is 7.05 Å². The van der Waals surface area contributed by atoms with Gasteiger partial charge in [0.25, 0.3) is 0 Å². The number of piperidine rings is 1. The summed E-state index contributed by atoms with van der Waals surface area (Å²) >= 11 is 0. The van der Waals surface area contributed by atoms with Crippen LogP contribution in [0.4, 0.5) is 4.79 Å². The number of carbonyl (C=O) groups is 1. The van der Waals surface area contributed by atoms with Crippen LogP contribution >= 0.6 is 0 Å². The normalized spacial score (nSPS) is 26.1. The van der Waals surface area contributed by atoms with E-state index in [0.717, 1.165) is 50.3 Å². The summed E-state index contributed by atoms with van der Waals surface area (Å²) in [7, 11) is 3.26. The minimum absolute atomic E-state index is 0.224. The number of aliphatic imine (C=N–C) groups is 1. The van der Waals surface area contributed by atoms with Gasteiger partial charge >= 0.3 is 6.09 Å². The SMILES string of the molecule is CN=C(NCCC1CCCC(C)C1)NC1CCN(C(=O)OC)CC1. The van der Waals surface area contributed by atoms with Gasteiger partial charge in [-0.2, -0.15) is 0 Å². The minimum Gasteiger partial charge on any atom is -0.453 e. The summed E-state index contributed by atoms with van der Waals surface area (Å²) in [5.41, 5.74) is 0. The van der Waals surface area contributed by atoms with Crippen molar-refractivity contribution in [2.75, 3.05) is 33.8 Å². The van der Waals surface area contributed by atoms with Crippen molar-refractivity contribution in [3.05, 3.63) is 0 Å². The molecule has 2 atom stereocenters. The Morgan fingerprint density at radius 3 is 2.62 bits per heavy atom. The molecule has 2 N–H and O–H groups in total. The van der Waals surface area contributed by atoms with Gasteiger partial charge in [-0.15, -0.1) is 0 Å². The van der Waals surface area contributed by atoms with Crippen molar-refractivity contribution in [3.63, 3.8) is 0 Å². The van der Waals surface area contributed by atoms with E-state index in [9.17, 15) is 4.79 Å². The van der Waals surface area contributed by atoms with Crippen molar-refractivity contribution in [1.82, 2.24) is 15.5 Å². The van der Waals surface area contributed by atoms with E-state index < -0.39 is 0 Å². The van der Waals surface area contributed by atoms with Gasteiger partial charge in [0.05, 0.1) is 7.11 Å². The fraction of sp³-hybridized carbons (Fsp3) is 0.889. The lowest BCUT2D eigenvalue weighted by Crippen LogP contribution is -2.50. The van der Waals surface area contributed by atoms with Crippen molar-refractivity contribution < 1.29 is 9.53 Å². The Balaban J connectivity index is 1.65. The van der Waals surface area contributed by atoms with Gasteiger partial charge in [-0.25, -0.2) is 4.79 Å². The number of likely N-dealkylation sites (tertiary alicyclic amines) is 1. The first-order chi connectivity index (χ1) is 11.6. The molecule has 24 heavy (non-hydrogen) atoms. The average molecular weight is 338 g/mol. The molecular formula is C18H34N4O2. The summed E-state index contributed by atoms with van der Waals surface area (Å²) in [6.07, 6.45) is 8.40. The Morgan fingerprint density at radius 2 is 2.00 bits per heavy atom. The smallest absolute Gasteiger partial charge is 0.409 e. The van der Waals surface area contributed by atoms with Crippen LogP contribution in [0.3, 0.4) is 0 Å². The molecule has 0 aromatic heterocycles. The Labute approximate surface area is 146 Å². The quantitative estimate of drug-likeness (QED) is 0.611. The van der Waals surface area contributed by atoms with E-state index in [0.29, 0.717) is 6.04 Å². The predicted molar refractivity (Wildman–Crippen MR) is 97.2 cm³/mol. The monoisotopic (exact) mass is 338 g/mol. The number of ether oxygens (including phenoxy) is 1. The van der Waals surface area contributed by atoms with E-state index in [2.05, 4.69) is 22.5 Å². The number of methoxy groups -OCH3 is 1. The van der Waals surface area contributed by atoms with Crippen LogP contribution in [-0.2, 0) is 4.74 Å². The second kappa shape index (κ2) is 9.74. The molecule has 6 heteroatoms. The van der Waals surface area contributed by atoms with Crippen LogP contribution in [0.1, 0.15) is 51.9 Å². The van der Waals surface area contributed by atoms with Crippen molar-refractivity contribution in [2.24, 2.45) is 16.8 Å². The summed E-state index contributed by atoms with van der Waals surface area (Å²) in [6.45, 7) is 4.83. The number of rotatable bonds is 4. The third-order valence-electron chi connectivity index (χ3n) is 5.38. The number of nitrogens with zero attached hydrogens (tertiary/aromatic N) is 2. The van der Waals surface area contributed by atoms with Crippen LogP contribution in [0.25, 0.3) is 0 Å². The second-order valence-electron chi connectivity index (χ2n) is 7.30. The van der Waals surface area contributed by atoms with Crippen molar-refractivity contribution in [3.8, 4) is 0 Å². The zero-order valence-corrected chi connectivity index (χ0v) is 15.5. The van der Waals surface area contributed by atoms with Crippen LogP contribution in [0.15, 0.2) is 4.99 Å². The molecule has 1 aliphatic heterocycles. The lowest BCUT2D eigenvalue weighted by molar-refractivity contribution is 0.111. The maximum Gasteiger partial charge on any atom is 0.409 e. The Bertz CT molecular complexity index is 419. The van der Waals surface area contributed by atoms with Gasteiger partial charge in [-0.05, 0) is 37.5 Å². The van der Waals surface area contributed by atoms with Gasteiger partial charge in [0.15, 0.2) is 5.96 Å². The zero-order valence-electron chi connectivity index (χ0n) is 15.5. The molecule has 1 heterocycles. The van der Waals surface area contributed by atoms with Gasteiger partial charge in [-0.3, -0.25) is 4.99 Å². The minimum atomic E-state index is -0.224. The molecule has 2 aliphatic rings. The molecule has 2 rings (SSSR count). The first-order valence-electron chi connectivity index (χ1n) is 9.42. The van der Waals surface area contributed by atoms with E-state index in [4.69, 9.17) is 4.74 Å². The summed E-state index contributed by atoms with van der Waals surface area (Å²) in [5.74, 6) is 2.64. The molecule has 1 aliphatic carbocycles. The van der Waals surface area contributed by atoms with Crippen molar-refractivity contribution in [1.29, 1.82) is 0 Å². The van der Waals surface area contributed by atoms with Gasteiger partial charge in [0.1, 0.15) is 0 Å². The Morgan fingerprint density at radius 1 is 1.25 bits per heavy atom. The van der Waals surface area contributed by atoms with Gasteiger partial charge < -0.3 is 20.3 Å². The molecule has 2 unspecified atom stereocenters. The first-order valence-corrected chi connectivity index (χ1v) is 9.42. The zero-order chi connectivity index (χ0) is 17.4. The van der Waals surface area contributed by atoms with Crippen LogP contribution in [0.5, 0.6) is 0 Å². The molecule has 138 valence electrons. The number of guanidine groups is 1. The van der Waals surface area contributed by atoms with Crippen LogP contribution < -0.4 is 10.6 Å². The highest BCUT2D eigenvalue weighted by atomic mass is 16.5. The number of hydrogen-bond donors (Lipinski definition) is 2. The van der Waals surface area contributed by atoms with E-state index in [1.165, 1.54) is 39.2 Å². The highest BCUT2D eigenvalue weighted by Gasteiger charge is 2.24. The molecule has 1 amide bonds. The number of hydrogen-bond acceptors (Lipinski definition) is 3. The second-order valence-corrected chi connectivity index (χ2v) is 7.30.